The van der Waals surface area contributed by atoms with Crippen molar-refractivity contribution in [1.82, 2.24) is 19.5 Å². The molecule has 4 rings (SSSR count). The summed E-state index contributed by atoms with van der Waals surface area (Å²) in [6.45, 7) is 0. The van der Waals surface area contributed by atoms with Crippen LogP contribution in [0.3, 0.4) is 0 Å². The number of imidazole rings is 2. The highest BCUT2D eigenvalue weighted by atomic mass is 16.2. The molecule has 6 nitrogen and oxygen atoms in total. The largest absolute Gasteiger partial charge is 0.348 e. The Balaban J connectivity index is 1.75. The third-order valence-electron chi connectivity index (χ3n) is 4.15. The lowest BCUT2D eigenvalue weighted by Gasteiger charge is -2.20. The zero-order valence-electron chi connectivity index (χ0n) is 11.3. The number of H-pyrrole nitrogens is 2. The first-order chi connectivity index (χ1) is 10.2. The number of aryl methyl sites for hydroxylation is 1. The molecular formula is C15H14N4O2. The quantitative estimate of drug-likeness (QED) is 0.709. The fraction of sp³-hybridized carbons (Fsp3) is 0.267. The number of nitrogens with one attached hydrogen (secondary N) is 2. The van der Waals surface area contributed by atoms with Gasteiger partial charge >= 0.3 is 5.69 Å². The molecule has 0 radical (unpaired) electrons. The molecule has 0 saturated carbocycles. The van der Waals surface area contributed by atoms with E-state index in [0.29, 0.717) is 17.5 Å². The van der Waals surface area contributed by atoms with E-state index in [1.165, 1.54) is 4.57 Å². The van der Waals surface area contributed by atoms with Crippen LogP contribution in [0.15, 0.2) is 35.4 Å². The van der Waals surface area contributed by atoms with Gasteiger partial charge in [0.05, 0.1) is 23.1 Å². The van der Waals surface area contributed by atoms with E-state index in [4.69, 9.17) is 0 Å². The molecule has 2 aromatic heterocycles. The summed E-state index contributed by atoms with van der Waals surface area (Å²) in [6, 6.07) is 7.25. The lowest BCUT2D eigenvalue weighted by molar-refractivity contribution is 0.0822. The monoisotopic (exact) mass is 282 g/mol. The number of hydrogen-bond acceptors (Lipinski definition) is 3. The molecule has 0 bridgehead atoms. The number of aromatic nitrogens is 4. The van der Waals surface area contributed by atoms with Crippen LogP contribution in [0.4, 0.5) is 0 Å². The molecule has 1 aliphatic rings. The molecule has 106 valence electrons. The van der Waals surface area contributed by atoms with Crippen molar-refractivity contribution in [3.05, 3.63) is 52.5 Å². The molecule has 0 amide bonds. The second-order valence-electron chi connectivity index (χ2n) is 5.39. The summed E-state index contributed by atoms with van der Waals surface area (Å²) >= 11 is 0. The normalized spacial score (nSPS) is 17.8. The third-order valence-corrected chi connectivity index (χ3v) is 4.15. The summed E-state index contributed by atoms with van der Waals surface area (Å²) in [5, 5.41) is 0. The smallest absolute Gasteiger partial charge is 0.333 e. The van der Waals surface area contributed by atoms with Crippen LogP contribution >= 0.6 is 0 Å². The van der Waals surface area contributed by atoms with Crippen molar-refractivity contribution in [2.45, 2.75) is 19.3 Å². The number of carbonyl (C=O) groups excluding carboxylic acids is 1. The molecule has 1 aliphatic carbocycles. The average Bonchev–Trinajstić information content (AvgIpc) is 3.08. The van der Waals surface area contributed by atoms with E-state index in [0.717, 1.165) is 24.2 Å². The van der Waals surface area contributed by atoms with Gasteiger partial charge in [0.2, 0.25) is 5.91 Å². The van der Waals surface area contributed by atoms with Crippen LogP contribution in [-0.4, -0.2) is 25.4 Å². The highest BCUT2D eigenvalue weighted by Gasteiger charge is 2.29. The topological polar surface area (TPSA) is 83.5 Å². The van der Waals surface area contributed by atoms with Gasteiger partial charge in [-0.3, -0.25) is 4.79 Å². The molecule has 2 heterocycles. The van der Waals surface area contributed by atoms with Gasteiger partial charge in [-0.1, -0.05) is 12.1 Å². The standard InChI is InChI=1S/C15H14N4O2/c20-14(9-5-6-10-12(7-9)17-8-16-10)19-13-4-2-1-3-11(13)18-15(19)21/h1-4,8-9H,5-7H2,(H,16,17)(H,18,21). The highest BCUT2D eigenvalue weighted by molar-refractivity contribution is 5.91. The molecule has 6 heteroatoms. The van der Waals surface area contributed by atoms with E-state index < -0.39 is 0 Å². The number of fused-ring (bicyclic) bond motifs is 2. The molecule has 1 aromatic carbocycles. The van der Waals surface area contributed by atoms with Gasteiger partial charge in [0.15, 0.2) is 0 Å². The van der Waals surface area contributed by atoms with Crippen LogP contribution in [-0.2, 0) is 12.8 Å². The Bertz CT molecular complexity index is 886. The van der Waals surface area contributed by atoms with Gasteiger partial charge in [-0.15, -0.1) is 0 Å². The minimum atomic E-state index is -0.364. The van der Waals surface area contributed by atoms with E-state index in [2.05, 4.69) is 15.0 Å². The second kappa shape index (κ2) is 4.44. The fourth-order valence-corrected chi connectivity index (χ4v) is 3.07. The van der Waals surface area contributed by atoms with Gasteiger partial charge in [-0.05, 0) is 25.0 Å². The van der Waals surface area contributed by atoms with Crippen molar-refractivity contribution in [2.24, 2.45) is 5.92 Å². The Labute approximate surface area is 119 Å². The molecule has 2 N–H and O–H groups in total. The maximum Gasteiger partial charge on any atom is 0.333 e. The Kier molecular flexibility index (Phi) is 2.57. The number of carbonyl (C=O) groups is 1. The van der Waals surface area contributed by atoms with Crippen LogP contribution in [0.25, 0.3) is 11.0 Å². The van der Waals surface area contributed by atoms with Crippen molar-refractivity contribution in [2.75, 3.05) is 0 Å². The van der Waals surface area contributed by atoms with Crippen molar-refractivity contribution < 1.29 is 4.79 Å². The number of rotatable bonds is 1. The van der Waals surface area contributed by atoms with Gasteiger partial charge < -0.3 is 9.97 Å². The summed E-state index contributed by atoms with van der Waals surface area (Å²) in [5.74, 6) is -0.326. The first-order valence-corrected chi connectivity index (χ1v) is 6.99. The van der Waals surface area contributed by atoms with Crippen molar-refractivity contribution in [1.29, 1.82) is 0 Å². The fourth-order valence-electron chi connectivity index (χ4n) is 3.07. The predicted molar refractivity (Wildman–Crippen MR) is 77.3 cm³/mol. The molecule has 21 heavy (non-hydrogen) atoms. The number of hydrogen-bond donors (Lipinski definition) is 2. The summed E-state index contributed by atoms with van der Waals surface area (Å²) < 4.78 is 1.27. The molecule has 0 spiro atoms. The van der Waals surface area contributed by atoms with Crippen molar-refractivity contribution in [3.8, 4) is 0 Å². The Hall–Kier alpha value is -2.63. The summed E-state index contributed by atoms with van der Waals surface area (Å²) in [7, 11) is 0. The maximum atomic E-state index is 12.7. The number of nitrogens with zero attached hydrogens (tertiary/aromatic N) is 2. The number of aromatic amines is 2. The molecule has 3 aromatic rings. The minimum Gasteiger partial charge on any atom is -0.348 e. The predicted octanol–water partition coefficient (Wildman–Crippen LogP) is 1.50. The molecule has 1 atom stereocenters. The highest BCUT2D eigenvalue weighted by Crippen LogP contribution is 2.24. The van der Waals surface area contributed by atoms with Gasteiger partial charge in [-0.25, -0.2) is 14.3 Å². The third kappa shape index (κ3) is 1.83. The van der Waals surface area contributed by atoms with E-state index in [9.17, 15) is 9.59 Å². The van der Waals surface area contributed by atoms with Crippen LogP contribution in [0.5, 0.6) is 0 Å². The van der Waals surface area contributed by atoms with Crippen molar-refractivity contribution >= 4 is 16.9 Å². The molecule has 0 fully saturated rings. The van der Waals surface area contributed by atoms with Crippen LogP contribution in [0.2, 0.25) is 0 Å². The lowest BCUT2D eigenvalue weighted by atomic mass is 9.89. The van der Waals surface area contributed by atoms with Crippen LogP contribution in [0, 0.1) is 5.92 Å². The van der Waals surface area contributed by atoms with Gasteiger partial charge in [0.1, 0.15) is 0 Å². The first kappa shape index (κ1) is 12.1. The maximum absolute atomic E-state index is 12.7. The van der Waals surface area contributed by atoms with Gasteiger partial charge in [0, 0.05) is 18.0 Å². The zero-order valence-corrected chi connectivity index (χ0v) is 11.3. The summed E-state index contributed by atoms with van der Waals surface area (Å²) in [6.07, 6.45) is 3.77. The Morgan fingerprint density at radius 3 is 3.10 bits per heavy atom. The Morgan fingerprint density at radius 2 is 2.19 bits per heavy atom. The summed E-state index contributed by atoms with van der Waals surface area (Å²) in [5.41, 5.74) is 3.01. The molecule has 0 aliphatic heterocycles. The van der Waals surface area contributed by atoms with Crippen molar-refractivity contribution in [3.63, 3.8) is 0 Å². The lowest BCUT2D eigenvalue weighted by Crippen LogP contribution is -2.33. The van der Waals surface area contributed by atoms with E-state index >= 15 is 0 Å². The number of para-hydroxylation sites is 2. The number of benzene rings is 1. The SMILES string of the molecule is O=C(C1CCc2nc[nH]c2C1)n1c(=O)[nH]c2ccccc21. The molecule has 0 saturated heterocycles. The van der Waals surface area contributed by atoms with Gasteiger partial charge in [0.25, 0.3) is 0 Å². The van der Waals surface area contributed by atoms with Crippen LogP contribution < -0.4 is 5.69 Å². The van der Waals surface area contributed by atoms with E-state index in [1.54, 1.807) is 18.5 Å². The first-order valence-electron chi connectivity index (χ1n) is 6.99. The second-order valence-corrected chi connectivity index (χ2v) is 5.39. The molecular weight excluding hydrogens is 268 g/mol. The van der Waals surface area contributed by atoms with Crippen LogP contribution in [0.1, 0.15) is 22.6 Å². The zero-order chi connectivity index (χ0) is 14.4. The minimum absolute atomic E-state index is 0.141. The average molecular weight is 282 g/mol. The van der Waals surface area contributed by atoms with E-state index in [-0.39, 0.29) is 17.5 Å². The van der Waals surface area contributed by atoms with Gasteiger partial charge in [-0.2, -0.15) is 0 Å². The van der Waals surface area contributed by atoms with E-state index in [1.807, 2.05) is 12.1 Å². The molecule has 1 unspecified atom stereocenters. The summed E-state index contributed by atoms with van der Waals surface area (Å²) in [4.78, 5) is 34.9. The Morgan fingerprint density at radius 1 is 1.33 bits per heavy atom.